The zero-order chi connectivity index (χ0) is 18.3. The molecule has 5 nitrogen and oxygen atoms in total. The van der Waals surface area contributed by atoms with Gasteiger partial charge in [0.05, 0.1) is 5.92 Å². The fraction of sp³-hybridized carbons (Fsp3) is 0.765. The van der Waals surface area contributed by atoms with E-state index < -0.39 is 18.0 Å². The van der Waals surface area contributed by atoms with Crippen molar-refractivity contribution in [2.75, 3.05) is 37.6 Å². The Morgan fingerprint density at radius 3 is 2.81 bits per heavy atom. The van der Waals surface area contributed by atoms with Gasteiger partial charge < -0.3 is 5.32 Å². The van der Waals surface area contributed by atoms with Gasteiger partial charge in [0.25, 0.3) is 0 Å². The molecule has 2 saturated heterocycles. The molecule has 1 saturated carbocycles. The Morgan fingerprint density at radius 1 is 1.19 bits per heavy atom. The van der Waals surface area contributed by atoms with E-state index in [1.807, 2.05) is 0 Å². The van der Waals surface area contributed by atoms with Crippen LogP contribution in [0, 0.1) is 5.92 Å². The predicted molar refractivity (Wildman–Crippen MR) is 93.5 cm³/mol. The molecule has 1 aliphatic carbocycles. The maximum atomic E-state index is 13.4. The first kappa shape index (κ1) is 18.2. The summed E-state index contributed by atoms with van der Waals surface area (Å²) in [6.07, 6.45) is -0.442. The Labute approximate surface area is 154 Å². The van der Waals surface area contributed by atoms with Crippen LogP contribution < -0.4 is 10.2 Å². The largest absolute Gasteiger partial charge is 0.392 e. The molecule has 26 heavy (non-hydrogen) atoms. The molecule has 1 amide bonds. The van der Waals surface area contributed by atoms with Gasteiger partial charge in [0.15, 0.2) is 5.13 Å². The zero-order valence-electron chi connectivity index (χ0n) is 14.5. The molecule has 0 radical (unpaired) electrons. The van der Waals surface area contributed by atoms with E-state index >= 15 is 0 Å². The molecule has 0 bridgehead atoms. The number of thiazole rings is 1. The highest BCUT2D eigenvalue weighted by Crippen LogP contribution is 2.48. The smallest absolute Gasteiger partial charge is 0.313 e. The van der Waals surface area contributed by atoms with Crippen molar-refractivity contribution in [3.05, 3.63) is 11.1 Å². The van der Waals surface area contributed by atoms with Crippen LogP contribution in [-0.2, 0) is 4.79 Å². The van der Waals surface area contributed by atoms with E-state index in [1.54, 1.807) is 11.1 Å². The third-order valence-corrected chi connectivity index (χ3v) is 6.96. The van der Waals surface area contributed by atoms with E-state index in [4.69, 9.17) is 0 Å². The molecule has 3 heterocycles. The summed E-state index contributed by atoms with van der Waals surface area (Å²) in [5, 5.41) is 3.78. The average molecular weight is 388 g/mol. The summed E-state index contributed by atoms with van der Waals surface area (Å²) in [6.45, 7) is 3.68. The van der Waals surface area contributed by atoms with Crippen molar-refractivity contribution >= 4 is 22.4 Å². The van der Waals surface area contributed by atoms with E-state index in [9.17, 15) is 18.0 Å². The van der Waals surface area contributed by atoms with Gasteiger partial charge in [0.1, 0.15) is 6.04 Å². The Hall–Kier alpha value is -1.19. The molecule has 144 valence electrons. The van der Waals surface area contributed by atoms with Crippen LogP contribution in [-0.4, -0.2) is 60.7 Å². The third-order valence-electron chi connectivity index (χ3n) is 5.81. The van der Waals surface area contributed by atoms with Gasteiger partial charge in [-0.3, -0.25) is 14.6 Å². The Bertz CT molecular complexity index is 665. The Balaban J connectivity index is 1.53. The van der Waals surface area contributed by atoms with Crippen LogP contribution in [0.5, 0.6) is 0 Å². The summed E-state index contributed by atoms with van der Waals surface area (Å²) < 4.78 is 40.2. The number of rotatable bonds is 2. The Morgan fingerprint density at radius 2 is 2.00 bits per heavy atom. The quantitative estimate of drug-likeness (QED) is 0.846. The standard InChI is InChI=1S/C17H23F3N4OS/c18-17(19,20)12-4-2-1-3-11(12)14-10-22-16(26-14)24-8-7-23-6-5-21-9-13(23)15(24)25/h10-13,21H,1-9H2/t11-,12-,13+/m0/s1. The minimum Gasteiger partial charge on any atom is -0.313 e. The van der Waals surface area contributed by atoms with Crippen molar-refractivity contribution in [3.8, 4) is 0 Å². The molecule has 3 aliphatic rings. The van der Waals surface area contributed by atoms with Crippen LogP contribution in [0.2, 0.25) is 0 Å². The number of piperazine rings is 2. The number of aromatic nitrogens is 1. The molecule has 0 spiro atoms. The normalized spacial score (nSPS) is 31.1. The maximum Gasteiger partial charge on any atom is 0.392 e. The summed E-state index contributed by atoms with van der Waals surface area (Å²) in [4.78, 5) is 21.6. The number of nitrogens with zero attached hydrogens (tertiary/aromatic N) is 3. The number of fused-ring (bicyclic) bond motifs is 1. The number of carbonyl (C=O) groups excluding carboxylic acids is 1. The molecular weight excluding hydrogens is 365 g/mol. The molecule has 0 unspecified atom stereocenters. The van der Waals surface area contributed by atoms with Gasteiger partial charge in [-0.25, -0.2) is 4.98 Å². The molecule has 3 fully saturated rings. The summed E-state index contributed by atoms with van der Waals surface area (Å²) in [5.41, 5.74) is 0. The number of alkyl halides is 3. The van der Waals surface area contributed by atoms with Crippen molar-refractivity contribution < 1.29 is 18.0 Å². The number of hydrogen-bond acceptors (Lipinski definition) is 5. The van der Waals surface area contributed by atoms with Crippen LogP contribution in [0.15, 0.2) is 6.20 Å². The number of halogens is 3. The first-order valence-electron chi connectivity index (χ1n) is 9.24. The second kappa shape index (κ2) is 7.09. The molecule has 4 rings (SSSR count). The molecule has 0 aromatic carbocycles. The highest BCUT2D eigenvalue weighted by molar-refractivity contribution is 7.15. The Kier molecular flexibility index (Phi) is 4.96. The number of amides is 1. The molecule has 2 aliphatic heterocycles. The van der Waals surface area contributed by atoms with Crippen molar-refractivity contribution in [2.24, 2.45) is 5.92 Å². The van der Waals surface area contributed by atoms with Crippen LogP contribution in [0.3, 0.4) is 0 Å². The van der Waals surface area contributed by atoms with Crippen LogP contribution >= 0.6 is 11.3 Å². The molecule has 1 aromatic heterocycles. The monoisotopic (exact) mass is 388 g/mol. The van der Waals surface area contributed by atoms with E-state index in [1.165, 1.54) is 11.3 Å². The molecule has 1 N–H and O–H groups in total. The summed E-state index contributed by atoms with van der Waals surface area (Å²) in [7, 11) is 0. The van der Waals surface area contributed by atoms with Crippen LogP contribution in [0.1, 0.15) is 36.5 Å². The van der Waals surface area contributed by atoms with E-state index in [2.05, 4.69) is 15.2 Å². The SMILES string of the molecule is O=C1[C@H]2CNCCN2CCN1c1ncc([C@H]2CCCC[C@@H]2C(F)(F)F)s1. The summed E-state index contributed by atoms with van der Waals surface area (Å²) in [6, 6.07) is -0.192. The lowest BCUT2D eigenvalue weighted by molar-refractivity contribution is -0.187. The van der Waals surface area contributed by atoms with Gasteiger partial charge in [-0.2, -0.15) is 13.2 Å². The van der Waals surface area contributed by atoms with Gasteiger partial charge in [-0.1, -0.05) is 12.8 Å². The first-order valence-corrected chi connectivity index (χ1v) is 10.1. The highest BCUT2D eigenvalue weighted by atomic mass is 32.1. The van der Waals surface area contributed by atoms with Gasteiger partial charge in [-0.15, -0.1) is 11.3 Å². The third kappa shape index (κ3) is 3.36. The van der Waals surface area contributed by atoms with Gasteiger partial charge in [0, 0.05) is 49.7 Å². The molecule has 9 heteroatoms. The van der Waals surface area contributed by atoms with Crippen LogP contribution in [0.25, 0.3) is 0 Å². The maximum absolute atomic E-state index is 13.4. The number of nitrogens with one attached hydrogen (secondary N) is 1. The van der Waals surface area contributed by atoms with Crippen molar-refractivity contribution in [1.29, 1.82) is 0 Å². The second-order valence-electron chi connectivity index (χ2n) is 7.33. The topological polar surface area (TPSA) is 48.5 Å². The number of carbonyl (C=O) groups is 1. The van der Waals surface area contributed by atoms with Crippen molar-refractivity contribution in [1.82, 2.24) is 15.2 Å². The van der Waals surface area contributed by atoms with Gasteiger partial charge in [-0.05, 0) is 12.8 Å². The summed E-state index contributed by atoms with van der Waals surface area (Å²) in [5.74, 6) is -1.82. The minimum atomic E-state index is -4.18. The second-order valence-corrected chi connectivity index (χ2v) is 8.37. The van der Waals surface area contributed by atoms with E-state index in [0.717, 1.165) is 26.1 Å². The fourth-order valence-corrected chi connectivity index (χ4v) is 5.55. The fourth-order valence-electron chi connectivity index (χ4n) is 4.40. The average Bonchev–Trinajstić information content (AvgIpc) is 3.11. The van der Waals surface area contributed by atoms with Gasteiger partial charge in [0.2, 0.25) is 5.91 Å². The molecular formula is C17H23F3N4OS. The number of hydrogen-bond donors (Lipinski definition) is 1. The van der Waals surface area contributed by atoms with Crippen molar-refractivity contribution in [3.63, 3.8) is 0 Å². The first-order chi connectivity index (χ1) is 12.4. The highest BCUT2D eigenvalue weighted by Gasteiger charge is 2.47. The molecule has 1 aromatic rings. The summed E-state index contributed by atoms with van der Waals surface area (Å²) >= 11 is 1.26. The van der Waals surface area contributed by atoms with Crippen LogP contribution in [0.4, 0.5) is 18.3 Å². The predicted octanol–water partition coefficient (Wildman–Crippen LogP) is 2.60. The van der Waals surface area contributed by atoms with Crippen molar-refractivity contribution in [2.45, 2.75) is 43.8 Å². The van der Waals surface area contributed by atoms with E-state index in [0.29, 0.717) is 35.9 Å². The van der Waals surface area contributed by atoms with Gasteiger partial charge >= 0.3 is 6.18 Å². The molecule has 3 atom stereocenters. The lowest BCUT2D eigenvalue weighted by atomic mass is 9.78. The van der Waals surface area contributed by atoms with E-state index in [-0.39, 0.29) is 18.4 Å². The lowest BCUT2D eigenvalue weighted by Crippen LogP contribution is -2.64. The minimum absolute atomic E-state index is 0.000338. The number of anilines is 1. The zero-order valence-corrected chi connectivity index (χ0v) is 15.3. The lowest BCUT2D eigenvalue weighted by Gasteiger charge is -2.42.